The summed E-state index contributed by atoms with van der Waals surface area (Å²) in [6, 6.07) is 18.3. The van der Waals surface area contributed by atoms with Crippen molar-refractivity contribution in [1.82, 2.24) is 5.01 Å². The first-order chi connectivity index (χ1) is 19.0. The molecule has 39 heavy (non-hydrogen) atoms. The first-order valence-electron chi connectivity index (χ1n) is 12.8. The van der Waals surface area contributed by atoms with Crippen molar-refractivity contribution in [3.05, 3.63) is 87.9 Å². The van der Waals surface area contributed by atoms with Gasteiger partial charge in [-0.05, 0) is 84.5 Å². The SMILES string of the molecule is COc1ccc(/C=C2/CCCC3C2=NN(C(=O)c2cccc(Cl)c2)C3c2ccc(OC)c(OC)c2)cc1OC. The van der Waals surface area contributed by atoms with Crippen LogP contribution in [0.2, 0.25) is 5.02 Å². The van der Waals surface area contributed by atoms with Crippen molar-refractivity contribution in [1.29, 1.82) is 0 Å². The van der Waals surface area contributed by atoms with Crippen molar-refractivity contribution in [3.63, 3.8) is 0 Å². The monoisotopic (exact) mass is 546 g/mol. The van der Waals surface area contributed by atoms with E-state index in [2.05, 4.69) is 6.08 Å². The molecular formula is C31H31ClN2O5. The number of benzene rings is 3. The van der Waals surface area contributed by atoms with Crippen LogP contribution in [0.15, 0.2) is 71.3 Å². The van der Waals surface area contributed by atoms with E-state index in [1.165, 1.54) is 0 Å². The molecule has 3 aromatic rings. The van der Waals surface area contributed by atoms with Gasteiger partial charge in [-0.2, -0.15) is 5.10 Å². The Labute approximate surface area is 233 Å². The maximum Gasteiger partial charge on any atom is 0.274 e. The number of amides is 1. The van der Waals surface area contributed by atoms with Crippen molar-refractivity contribution in [2.75, 3.05) is 28.4 Å². The number of carbonyl (C=O) groups excluding carboxylic acids is 1. The number of allylic oxidation sites excluding steroid dienone is 1. The highest BCUT2D eigenvalue weighted by Crippen LogP contribution is 2.46. The summed E-state index contributed by atoms with van der Waals surface area (Å²) in [5.41, 5.74) is 4.42. The number of rotatable bonds is 7. The van der Waals surface area contributed by atoms with Crippen molar-refractivity contribution < 1.29 is 23.7 Å². The van der Waals surface area contributed by atoms with Gasteiger partial charge < -0.3 is 18.9 Å². The first kappa shape index (κ1) is 26.6. The van der Waals surface area contributed by atoms with E-state index in [9.17, 15) is 4.79 Å². The smallest absolute Gasteiger partial charge is 0.274 e. The highest BCUT2D eigenvalue weighted by Gasteiger charge is 2.44. The van der Waals surface area contributed by atoms with Crippen LogP contribution in [-0.2, 0) is 0 Å². The molecule has 202 valence electrons. The highest BCUT2D eigenvalue weighted by molar-refractivity contribution is 6.31. The van der Waals surface area contributed by atoms with Gasteiger partial charge in [-0.25, -0.2) is 5.01 Å². The van der Waals surface area contributed by atoms with Gasteiger partial charge in [-0.15, -0.1) is 0 Å². The molecule has 2 atom stereocenters. The summed E-state index contributed by atoms with van der Waals surface area (Å²) in [5.74, 6) is 2.39. The number of nitrogens with zero attached hydrogens (tertiary/aromatic N) is 2. The van der Waals surface area contributed by atoms with Gasteiger partial charge in [-0.3, -0.25) is 4.79 Å². The predicted molar refractivity (Wildman–Crippen MR) is 152 cm³/mol. The van der Waals surface area contributed by atoms with E-state index in [0.717, 1.165) is 41.7 Å². The molecule has 0 saturated heterocycles. The predicted octanol–water partition coefficient (Wildman–Crippen LogP) is 6.81. The molecule has 1 saturated carbocycles. The zero-order valence-electron chi connectivity index (χ0n) is 22.4. The van der Waals surface area contributed by atoms with E-state index in [0.29, 0.717) is 33.6 Å². The summed E-state index contributed by atoms with van der Waals surface area (Å²) in [5, 5.41) is 7.10. The summed E-state index contributed by atoms with van der Waals surface area (Å²) in [6.07, 6.45) is 4.87. The Kier molecular flexibility index (Phi) is 7.79. The van der Waals surface area contributed by atoms with Crippen molar-refractivity contribution >= 4 is 29.3 Å². The number of hydrogen-bond donors (Lipinski definition) is 0. The third-order valence-corrected chi connectivity index (χ3v) is 7.51. The van der Waals surface area contributed by atoms with Crippen molar-refractivity contribution in [3.8, 4) is 23.0 Å². The van der Waals surface area contributed by atoms with Crippen molar-refractivity contribution in [2.24, 2.45) is 11.0 Å². The number of hydrazone groups is 1. The Hall–Kier alpha value is -3.97. The standard InChI is InChI=1S/C31H31ClN2O5/c1-36-25-13-11-19(16-27(25)38-3)15-20-7-6-10-24-29(20)33-34(31(35)22-8-5-9-23(32)17-22)30(24)21-12-14-26(37-2)28(18-21)39-4/h5,8-9,11-18,24,30H,6-7,10H2,1-4H3/b20-15-. The molecule has 2 aliphatic rings. The maximum atomic E-state index is 13.9. The van der Waals surface area contributed by atoms with Crippen molar-refractivity contribution in [2.45, 2.75) is 25.3 Å². The van der Waals surface area contributed by atoms with Gasteiger partial charge in [0.05, 0.1) is 40.2 Å². The summed E-state index contributed by atoms with van der Waals surface area (Å²) < 4.78 is 22.0. The van der Waals surface area contributed by atoms with Crippen LogP contribution in [0.4, 0.5) is 0 Å². The summed E-state index contributed by atoms with van der Waals surface area (Å²) >= 11 is 6.24. The van der Waals surface area contributed by atoms with Crippen LogP contribution in [0.5, 0.6) is 23.0 Å². The summed E-state index contributed by atoms with van der Waals surface area (Å²) in [6.45, 7) is 0. The van der Waals surface area contributed by atoms with Gasteiger partial charge in [-0.1, -0.05) is 29.8 Å². The second-order valence-corrected chi connectivity index (χ2v) is 9.92. The van der Waals surface area contributed by atoms with Crippen LogP contribution in [0, 0.1) is 5.92 Å². The van der Waals surface area contributed by atoms with Gasteiger partial charge in [0, 0.05) is 16.5 Å². The molecule has 0 radical (unpaired) electrons. The molecule has 1 fully saturated rings. The third kappa shape index (κ3) is 5.19. The summed E-state index contributed by atoms with van der Waals surface area (Å²) in [4.78, 5) is 13.9. The average Bonchev–Trinajstić information content (AvgIpc) is 3.37. The van der Waals surface area contributed by atoms with Crippen LogP contribution < -0.4 is 18.9 Å². The Morgan fingerprint density at radius 1 is 0.897 bits per heavy atom. The second kappa shape index (κ2) is 11.4. The minimum Gasteiger partial charge on any atom is -0.493 e. The Morgan fingerprint density at radius 2 is 1.59 bits per heavy atom. The Morgan fingerprint density at radius 3 is 2.28 bits per heavy atom. The van der Waals surface area contributed by atoms with E-state index in [4.69, 9.17) is 35.6 Å². The van der Waals surface area contributed by atoms with Gasteiger partial charge in [0.1, 0.15) is 0 Å². The molecule has 1 aliphatic carbocycles. The lowest BCUT2D eigenvalue weighted by Gasteiger charge is -2.30. The lowest BCUT2D eigenvalue weighted by atomic mass is 9.77. The first-order valence-corrected chi connectivity index (χ1v) is 13.2. The minimum absolute atomic E-state index is 0.0198. The fraction of sp³-hybridized carbons (Fsp3) is 0.290. The zero-order chi connectivity index (χ0) is 27.5. The zero-order valence-corrected chi connectivity index (χ0v) is 23.2. The minimum atomic E-state index is -0.305. The third-order valence-electron chi connectivity index (χ3n) is 7.28. The van der Waals surface area contributed by atoms with E-state index in [1.54, 1.807) is 57.7 Å². The number of carbonyl (C=O) groups is 1. The van der Waals surface area contributed by atoms with Gasteiger partial charge in [0.2, 0.25) is 0 Å². The molecular weight excluding hydrogens is 516 g/mol. The molecule has 0 N–H and O–H groups in total. The van der Waals surface area contributed by atoms with Crippen LogP contribution in [0.25, 0.3) is 6.08 Å². The molecule has 0 bridgehead atoms. The number of halogens is 1. The molecule has 1 aliphatic heterocycles. The molecule has 5 rings (SSSR count). The topological polar surface area (TPSA) is 69.6 Å². The van der Waals surface area contributed by atoms with Crippen LogP contribution >= 0.6 is 11.6 Å². The highest BCUT2D eigenvalue weighted by atomic mass is 35.5. The lowest BCUT2D eigenvalue weighted by molar-refractivity contribution is 0.0680. The van der Waals surface area contributed by atoms with E-state index < -0.39 is 0 Å². The van der Waals surface area contributed by atoms with E-state index in [-0.39, 0.29) is 17.9 Å². The molecule has 3 aromatic carbocycles. The molecule has 0 spiro atoms. The quantitative estimate of drug-likeness (QED) is 0.325. The molecule has 8 heteroatoms. The Bertz CT molecular complexity index is 1450. The molecule has 1 amide bonds. The van der Waals surface area contributed by atoms with Gasteiger partial charge >= 0.3 is 0 Å². The molecule has 1 heterocycles. The second-order valence-electron chi connectivity index (χ2n) is 9.49. The molecule has 7 nitrogen and oxygen atoms in total. The number of ether oxygens (including phenoxy) is 4. The molecule has 0 aromatic heterocycles. The van der Waals surface area contributed by atoms with Crippen LogP contribution in [0.1, 0.15) is 46.8 Å². The van der Waals surface area contributed by atoms with Crippen LogP contribution in [0.3, 0.4) is 0 Å². The lowest BCUT2D eigenvalue weighted by Crippen LogP contribution is -2.32. The maximum absolute atomic E-state index is 13.9. The number of hydrogen-bond acceptors (Lipinski definition) is 6. The largest absolute Gasteiger partial charge is 0.493 e. The average molecular weight is 547 g/mol. The molecule has 2 unspecified atom stereocenters. The fourth-order valence-electron chi connectivity index (χ4n) is 5.44. The Balaban J connectivity index is 1.59. The van der Waals surface area contributed by atoms with Gasteiger partial charge in [0.15, 0.2) is 23.0 Å². The normalized spacial score (nSPS) is 19.4. The fourth-order valence-corrected chi connectivity index (χ4v) is 5.63. The van der Waals surface area contributed by atoms with E-state index >= 15 is 0 Å². The number of fused-ring (bicyclic) bond motifs is 1. The number of methoxy groups -OCH3 is 4. The summed E-state index contributed by atoms with van der Waals surface area (Å²) in [7, 11) is 6.46. The van der Waals surface area contributed by atoms with E-state index in [1.807, 2.05) is 36.4 Å². The van der Waals surface area contributed by atoms with Crippen LogP contribution in [-0.4, -0.2) is 45.1 Å². The van der Waals surface area contributed by atoms with Gasteiger partial charge in [0.25, 0.3) is 5.91 Å².